The highest BCUT2D eigenvalue weighted by molar-refractivity contribution is 7.18. The SMILES string of the molecule is CC(=O)Cc1nc2c(O)cccc2s1. The second-order valence-corrected chi connectivity index (χ2v) is 4.23. The predicted octanol–water partition coefficient (Wildman–Crippen LogP) is 2.13. The van der Waals surface area contributed by atoms with Crippen LogP contribution in [0.1, 0.15) is 11.9 Å². The summed E-state index contributed by atoms with van der Waals surface area (Å²) in [6, 6.07) is 5.25. The third kappa shape index (κ3) is 1.61. The van der Waals surface area contributed by atoms with E-state index in [0.29, 0.717) is 11.9 Å². The lowest BCUT2D eigenvalue weighted by molar-refractivity contribution is -0.116. The number of benzene rings is 1. The van der Waals surface area contributed by atoms with E-state index in [1.807, 2.05) is 6.07 Å². The molecule has 0 spiro atoms. The molecule has 0 aliphatic carbocycles. The number of phenols is 1. The minimum atomic E-state index is 0.0866. The van der Waals surface area contributed by atoms with Crippen molar-refractivity contribution in [2.75, 3.05) is 0 Å². The van der Waals surface area contributed by atoms with Crippen LogP contribution in [-0.4, -0.2) is 15.9 Å². The number of carbonyl (C=O) groups is 1. The van der Waals surface area contributed by atoms with Gasteiger partial charge < -0.3 is 5.11 Å². The van der Waals surface area contributed by atoms with Gasteiger partial charge in [0.2, 0.25) is 0 Å². The summed E-state index contributed by atoms with van der Waals surface area (Å²) >= 11 is 1.45. The molecule has 3 nitrogen and oxygen atoms in total. The fraction of sp³-hybridized carbons (Fsp3) is 0.200. The van der Waals surface area contributed by atoms with E-state index in [0.717, 1.165) is 9.71 Å². The van der Waals surface area contributed by atoms with Gasteiger partial charge in [-0.15, -0.1) is 11.3 Å². The molecule has 1 aromatic heterocycles. The fourth-order valence-corrected chi connectivity index (χ4v) is 2.33. The van der Waals surface area contributed by atoms with Gasteiger partial charge in [-0.2, -0.15) is 0 Å². The number of rotatable bonds is 2. The average Bonchev–Trinajstić information content (AvgIpc) is 2.47. The predicted molar refractivity (Wildman–Crippen MR) is 55.7 cm³/mol. The summed E-state index contributed by atoms with van der Waals surface area (Å²) in [4.78, 5) is 15.1. The van der Waals surface area contributed by atoms with Gasteiger partial charge in [-0.3, -0.25) is 4.79 Å². The highest BCUT2D eigenvalue weighted by atomic mass is 32.1. The molecule has 1 aromatic carbocycles. The number of ketones is 1. The van der Waals surface area contributed by atoms with E-state index in [9.17, 15) is 9.90 Å². The molecule has 0 atom stereocenters. The van der Waals surface area contributed by atoms with Gasteiger partial charge in [0, 0.05) is 0 Å². The molecular weight excluding hydrogens is 198 g/mol. The molecule has 0 saturated heterocycles. The molecule has 14 heavy (non-hydrogen) atoms. The van der Waals surface area contributed by atoms with E-state index >= 15 is 0 Å². The van der Waals surface area contributed by atoms with E-state index in [-0.39, 0.29) is 11.5 Å². The molecule has 2 rings (SSSR count). The first kappa shape index (κ1) is 9.15. The number of aromatic hydroxyl groups is 1. The molecule has 0 fully saturated rings. The van der Waals surface area contributed by atoms with Gasteiger partial charge >= 0.3 is 0 Å². The normalized spacial score (nSPS) is 10.6. The number of thiazole rings is 1. The van der Waals surface area contributed by atoms with Crippen molar-refractivity contribution in [3.8, 4) is 5.75 Å². The van der Waals surface area contributed by atoms with Gasteiger partial charge in [0.25, 0.3) is 0 Å². The summed E-state index contributed by atoms with van der Waals surface area (Å²) in [7, 11) is 0. The van der Waals surface area contributed by atoms with Gasteiger partial charge in [-0.05, 0) is 19.1 Å². The van der Waals surface area contributed by atoms with Crippen LogP contribution in [0.2, 0.25) is 0 Å². The van der Waals surface area contributed by atoms with Crippen LogP contribution in [0, 0.1) is 0 Å². The number of carbonyl (C=O) groups excluding carboxylic acids is 1. The maximum atomic E-state index is 10.9. The van der Waals surface area contributed by atoms with Gasteiger partial charge in [-0.1, -0.05) is 6.07 Å². The van der Waals surface area contributed by atoms with Crippen LogP contribution in [0.5, 0.6) is 5.75 Å². The van der Waals surface area contributed by atoms with E-state index < -0.39 is 0 Å². The molecule has 0 bridgehead atoms. The lowest BCUT2D eigenvalue weighted by Crippen LogP contribution is -1.94. The zero-order valence-corrected chi connectivity index (χ0v) is 8.47. The first-order chi connectivity index (χ1) is 6.66. The largest absolute Gasteiger partial charge is 0.506 e. The van der Waals surface area contributed by atoms with Crippen molar-refractivity contribution in [1.82, 2.24) is 4.98 Å². The minimum absolute atomic E-state index is 0.0866. The van der Waals surface area contributed by atoms with Crippen LogP contribution in [0.4, 0.5) is 0 Å². The Morgan fingerprint density at radius 3 is 3.00 bits per heavy atom. The van der Waals surface area contributed by atoms with E-state index in [1.165, 1.54) is 18.3 Å². The Hall–Kier alpha value is -1.42. The second kappa shape index (κ2) is 3.38. The molecular formula is C10H9NO2S. The number of para-hydroxylation sites is 1. The molecule has 0 amide bonds. The van der Waals surface area contributed by atoms with Gasteiger partial charge in [0.05, 0.1) is 11.1 Å². The fourth-order valence-electron chi connectivity index (χ4n) is 1.27. The third-order valence-corrected chi connectivity index (χ3v) is 2.86. The Balaban J connectivity index is 2.51. The van der Waals surface area contributed by atoms with Gasteiger partial charge in [0.15, 0.2) is 0 Å². The molecule has 1 heterocycles. The van der Waals surface area contributed by atoms with Crippen molar-refractivity contribution >= 4 is 27.3 Å². The van der Waals surface area contributed by atoms with Crippen molar-refractivity contribution in [3.05, 3.63) is 23.2 Å². The Labute approximate surface area is 85.0 Å². The van der Waals surface area contributed by atoms with Gasteiger partial charge in [0.1, 0.15) is 22.1 Å². The van der Waals surface area contributed by atoms with Crippen molar-refractivity contribution in [2.24, 2.45) is 0 Å². The Morgan fingerprint density at radius 1 is 1.57 bits per heavy atom. The number of hydrogen-bond donors (Lipinski definition) is 1. The topological polar surface area (TPSA) is 50.2 Å². The molecule has 4 heteroatoms. The number of phenolic OH excluding ortho intramolecular Hbond substituents is 1. The van der Waals surface area contributed by atoms with E-state index in [2.05, 4.69) is 4.98 Å². The van der Waals surface area contributed by atoms with Gasteiger partial charge in [-0.25, -0.2) is 4.98 Å². The summed E-state index contributed by atoms with van der Waals surface area (Å²) in [6.07, 6.45) is 0.346. The van der Waals surface area contributed by atoms with Crippen molar-refractivity contribution in [1.29, 1.82) is 0 Å². The minimum Gasteiger partial charge on any atom is -0.506 e. The summed E-state index contributed by atoms with van der Waals surface area (Å²) in [5.74, 6) is 0.261. The number of hydrogen-bond acceptors (Lipinski definition) is 4. The molecule has 0 aliphatic heterocycles. The van der Waals surface area contributed by atoms with Crippen molar-refractivity contribution in [3.63, 3.8) is 0 Å². The van der Waals surface area contributed by atoms with Crippen molar-refractivity contribution < 1.29 is 9.90 Å². The summed E-state index contributed by atoms with van der Waals surface area (Å²) in [5, 5.41) is 10.2. The lowest BCUT2D eigenvalue weighted by atomic mass is 10.3. The molecule has 0 saturated carbocycles. The van der Waals surface area contributed by atoms with Crippen LogP contribution in [0.25, 0.3) is 10.2 Å². The molecule has 0 aliphatic rings. The van der Waals surface area contributed by atoms with E-state index in [4.69, 9.17) is 0 Å². The monoisotopic (exact) mass is 207 g/mol. The van der Waals surface area contributed by atoms with Crippen LogP contribution in [0.15, 0.2) is 18.2 Å². The quantitative estimate of drug-likeness (QED) is 0.820. The molecule has 1 N–H and O–H groups in total. The highest BCUT2D eigenvalue weighted by Gasteiger charge is 2.08. The Morgan fingerprint density at radius 2 is 2.36 bits per heavy atom. The van der Waals surface area contributed by atoms with Crippen LogP contribution in [0.3, 0.4) is 0 Å². The smallest absolute Gasteiger partial charge is 0.142 e. The summed E-state index contributed by atoms with van der Waals surface area (Å²) in [6.45, 7) is 1.53. The maximum Gasteiger partial charge on any atom is 0.142 e. The average molecular weight is 207 g/mol. The molecule has 72 valence electrons. The Kier molecular flexibility index (Phi) is 2.21. The number of aromatic nitrogens is 1. The molecule has 2 aromatic rings. The summed E-state index contributed by atoms with van der Waals surface area (Å²) in [5.41, 5.74) is 0.591. The first-order valence-corrected chi connectivity index (χ1v) is 5.05. The number of Topliss-reactive ketones (excluding diaryl/α,β-unsaturated/α-hetero) is 1. The van der Waals surface area contributed by atoms with Crippen LogP contribution >= 0.6 is 11.3 Å². The van der Waals surface area contributed by atoms with Crippen LogP contribution in [-0.2, 0) is 11.2 Å². The first-order valence-electron chi connectivity index (χ1n) is 4.23. The standard InChI is InChI=1S/C10H9NO2S/c1-6(12)5-9-11-10-7(13)3-2-4-8(10)14-9/h2-4,13H,5H2,1H3. The third-order valence-electron chi connectivity index (χ3n) is 1.84. The summed E-state index contributed by atoms with van der Waals surface area (Å²) < 4.78 is 0.918. The zero-order chi connectivity index (χ0) is 10.1. The second-order valence-electron chi connectivity index (χ2n) is 3.11. The number of nitrogens with zero attached hydrogens (tertiary/aromatic N) is 1. The molecule has 0 radical (unpaired) electrons. The van der Waals surface area contributed by atoms with E-state index in [1.54, 1.807) is 12.1 Å². The molecule has 0 unspecified atom stereocenters. The highest BCUT2D eigenvalue weighted by Crippen LogP contribution is 2.28. The lowest BCUT2D eigenvalue weighted by Gasteiger charge is -1.89. The Bertz CT molecular complexity index is 490. The maximum absolute atomic E-state index is 10.9. The zero-order valence-electron chi connectivity index (χ0n) is 7.65. The van der Waals surface area contributed by atoms with Crippen molar-refractivity contribution in [2.45, 2.75) is 13.3 Å². The van der Waals surface area contributed by atoms with Crippen LogP contribution < -0.4 is 0 Å². The number of fused-ring (bicyclic) bond motifs is 1.